The summed E-state index contributed by atoms with van der Waals surface area (Å²) in [4.78, 5) is 44.0. The van der Waals surface area contributed by atoms with E-state index in [1.54, 1.807) is 56.3 Å². The third kappa shape index (κ3) is 5.87. The van der Waals surface area contributed by atoms with Crippen molar-refractivity contribution in [2.24, 2.45) is 4.99 Å². The Labute approximate surface area is 259 Å². The van der Waals surface area contributed by atoms with E-state index in [-0.39, 0.29) is 23.5 Å². The van der Waals surface area contributed by atoms with E-state index in [2.05, 4.69) is 20.9 Å². The van der Waals surface area contributed by atoms with Gasteiger partial charge in [-0.2, -0.15) is 0 Å². The van der Waals surface area contributed by atoms with Crippen LogP contribution in [0.4, 0.5) is 0 Å². The van der Waals surface area contributed by atoms with Crippen LogP contribution in [0, 0.1) is 0 Å². The molecule has 0 radical (unpaired) electrons. The number of aromatic nitrogens is 1. The number of methoxy groups -OCH3 is 1. The zero-order valence-electron chi connectivity index (χ0n) is 24.2. The number of ether oxygens (including phenoxy) is 3. The molecule has 4 aromatic rings. The number of carbonyl (C=O) groups is 2. The summed E-state index contributed by atoms with van der Waals surface area (Å²) >= 11 is 4.83. The Morgan fingerprint density at radius 3 is 2.49 bits per heavy atom. The van der Waals surface area contributed by atoms with E-state index in [4.69, 9.17) is 18.6 Å². The van der Waals surface area contributed by atoms with Gasteiger partial charge in [-0.15, -0.1) is 0 Å². The lowest BCUT2D eigenvalue weighted by Crippen LogP contribution is -2.40. The Morgan fingerprint density at radius 2 is 1.84 bits per heavy atom. The third-order valence-corrected chi connectivity index (χ3v) is 8.54. The number of thiazole rings is 1. The molecule has 2 aromatic carbocycles. The van der Waals surface area contributed by atoms with Crippen LogP contribution >= 0.6 is 27.3 Å². The predicted octanol–water partition coefficient (Wildman–Crippen LogP) is 5.43. The first-order valence-electron chi connectivity index (χ1n) is 13.6. The maximum absolute atomic E-state index is 14.0. The molecule has 1 aliphatic rings. The number of halogens is 1. The van der Waals surface area contributed by atoms with Crippen LogP contribution in [-0.4, -0.2) is 36.6 Å². The summed E-state index contributed by atoms with van der Waals surface area (Å²) in [7, 11) is 1.53. The monoisotopic (exact) mass is 664 g/mol. The van der Waals surface area contributed by atoms with Crippen molar-refractivity contribution in [3.05, 3.63) is 101 Å². The van der Waals surface area contributed by atoms with Gasteiger partial charge in [0.05, 0.1) is 42.2 Å². The first kappa shape index (κ1) is 30.2. The van der Waals surface area contributed by atoms with E-state index in [0.29, 0.717) is 60.3 Å². The summed E-state index contributed by atoms with van der Waals surface area (Å²) in [6.07, 6.45) is 1.66. The van der Waals surface area contributed by atoms with Gasteiger partial charge < -0.3 is 18.6 Å². The number of carbonyl (C=O) groups excluding carboxylic acids is 2. The van der Waals surface area contributed by atoms with Crippen LogP contribution in [0.25, 0.3) is 17.4 Å². The van der Waals surface area contributed by atoms with Crippen molar-refractivity contribution in [1.82, 2.24) is 4.57 Å². The minimum absolute atomic E-state index is 0.0163. The van der Waals surface area contributed by atoms with Crippen molar-refractivity contribution in [2.45, 2.75) is 33.7 Å². The largest absolute Gasteiger partial charge is 0.493 e. The van der Waals surface area contributed by atoms with Crippen molar-refractivity contribution in [1.29, 1.82) is 0 Å². The van der Waals surface area contributed by atoms with Crippen LogP contribution in [0.3, 0.4) is 0 Å². The van der Waals surface area contributed by atoms with Gasteiger partial charge in [-0.05, 0) is 57.5 Å². The van der Waals surface area contributed by atoms with Gasteiger partial charge in [0.1, 0.15) is 11.5 Å². The number of hydrogen-bond donors (Lipinski definition) is 0. The molecule has 0 amide bonds. The number of allylic oxidation sites excluding steroid dienone is 1. The van der Waals surface area contributed by atoms with Crippen LogP contribution in [0.2, 0.25) is 0 Å². The van der Waals surface area contributed by atoms with Crippen molar-refractivity contribution in [3.8, 4) is 22.8 Å². The number of nitrogens with zero attached hydrogens (tertiary/aromatic N) is 2. The molecular weight excluding hydrogens is 636 g/mol. The zero-order chi connectivity index (χ0) is 30.8. The first-order valence-corrected chi connectivity index (χ1v) is 15.2. The van der Waals surface area contributed by atoms with Gasteiger partial charge in [0.25, 0.3) is 5.56 Å². The summed E-state index contributed by atoms with van der Waals surface area (Å²) in [5, 5.41) is 0. The SMILES string of the molecule is CCOC(=O)C1=C(C)N=c2s/c(=C/c3ccc(-c4ccc(C(C)=O)cc4)o3)c(=O)n2[C@@H]1c1cc(OC)c(OCC)cc1Br. The Bertz CT molecular complexity index is 1930. The van der Waals surface area contributed by atoms with Gasteiger partial charge >= 0.3 is 5.97 Å². The molecule has 9 nitrogen and oxygen atoms in total. The number of Topliss-reactive ketones (excluding diaryl/α,β-unsaturated/α-hetero) is 1. The van der Waals surface area contributed by atoms with Gasteiger partial charge in [-0.1, -0.05) is 51.5 Å². The van der Waals surface area contributed by atoms with Crippen molar-refractivity contribution in [2.75, 3.05) is 20.3 Å². The van der Waals surface area contributed by atoms with Crippen LogP contribution < -0.4 is 24.4 Å². The fourth-order valence-corrected chi connectivity index (χ4v) is 6.42. The lowest BCUT2D eigenvalue weighted by atomic mass is 9.95. The highest BCUT2D eigenvalue weighted by atomic mass is 79.9. The molecule has 0 spiro atoms. The minimum atomic E-state index is -0.844. The first-order chi connectivity index (χ1) is 20.7. The Balaban J connectivity index is 1.64. The molecule has 5 rings (SSSR count). The number of fused-ring (bicyclic) bond motifs is 1. The van der Waals surface area contributed by atoms with Gasteiger partial charge in [-0.25, -0.2) is 9.79 Å². The molecule has 0 N–H and O–H groups in total. The van der Waals surface area contributed by atoms with E-state index in [9.17, 15) is 14.4 Å². The molecule has 0 bridgehead atoms. The number of hydrogen-bond acceptors (Lipinski definition) is 9. The van der Waals surface area contributed by atoms with Crippen molar-refractivity contribution in [3.63, 3.8) is 0 Å². The molecule has 0 fully saturated rings. The quantitative estimate of drug-likeness (QED) is 0.173. The summed E-state index contributed by atoms with van der Waals surface area (Å²) in [5.41, 5.74) is 2.38. The number of ketones is 1. The van der Waals surface area contributed by atoms with E-state index < -0.39 is 12.0 Å². The Morgan fingerprint density at radius 1 is 1.09 bits per heavy atom. The molecule has 0 aliphatic carbocycles. The molecule has 0 unspecified atom stereocenters. The summed E-state index contributed by atoms with van der Waals surface area (Å²) in [5.74, 6) is 1.47. The van der Waals surface area contributed by atoms with Crippen LogP contribution in [-0.2, 0) is 9.53 Å². The molecule has 11 heteroatoms. The number of esters is 1. The molecule has 1 aliphatic heterocycles. The second-order valence-electron chi connectivity index (χ2n) is 9.60. The molecule has 222 valence electrons. The van der Waals surface area contributed by atoms with Gasteiger partial charge in [0.2, 0.25) is 0 Å². The highest BCUT2D eigenvalue weighted by Gasteiger charge is 2.35. The van der Waals surface area contributed by atoms with Gasteiger partial charge in [-0.3, -0.25) is 14.2 Å². The molecule has 2 aromatic heterocycles. The van der Waals surface area contributed by atoms with E-state index in [0.717, 1.165) is 5.56 Å². The summed E-state index contributed by atoms with van der Waals surface area (Å²) < 4.78 is 25.3. The second kappa shape index (κ2) is 12.6. The fraction of sp³-hybridized carbons (Fsp3) is 0.250. The minimum Gasteiger partial charge on any atom is -0.493 e. The molecule has 43 heavy (non-hydrogen) atoms. The highest BCUT2D eigenvalue weighted by molar-refractivity contribution is 9.10. The average Bonchev–Trinajstić information content (AvgIpc) is 3.57. The maximum atomic E-state index is 14.0. The van der Waals surface area contributed by atoms with Crippen LogP contribution in [0.1, 0.15) is 55.4 Å². The van der Waals surface area contributed by atoms with Crippen molar-refractivity contribution < 1.29 is 28.2 Å². The van der Waals surface area contributed by atoms with Crippen LogP contribution in [0.15, 0.2) is 78.5 Å². The lowest BCUT2D eigenvalue weighted by molar-refractivity contribution is -0.139. The summed E-state index contributed by atoms with van der Waals surface area (Å²) in [6, 6.07) is 13.4. The second-order valence-corrected chi connectivity index (χ2v) is 11.5. The fourth-order valence-electron chi connectivity index (χ4n) is 4.86. The van der Waals surface area contributed by atoms with E-state index in [1.165, 1.54) is 29.9 Å². The molecule has 1 atom stereocenters. The summed E-state index contributed by atoms with van der Waals surface area (Å²) in [6.45, 7) is 7.44. The number of rotatable bonds is 9. The predicted molar refractivity (Wildman–Crippen MR) is 166 cm³/mol. The normalized spacial score (nSPS) is 14.7. The highest BCUT2D eigenvalue weighted by Crippen LogP contribution is 2.41. The standard InChI is InChI=1S/C32H29BrN2O7S/c1-6-40-26-16-23(33)22(15-25(26)39-5)29-28(31(38)41-7-2)17(3)34-32-35(29)30(37)27(43-32)14-21-12-13-24(42-21)20-10-8-19(9-11-20)18(4)36/h8-16,29H,6-7H2,1-5H3/b27-14+/t29-/m1/s1. The van der Waals surface area contributed by atoms with Gasteiger partial charge in [0, 0.05) is 21.7 Å². The molecule has 0 saturated carbocycles. The number of furan rings is 1. The average molecular weight is 666 g/mol. The third-order valence-electron chi connectivity index (χ3n) is 6.87. The van der Waals surface area contributed by atoms with E-state index >= 15 is 0 Å². The van der Waals surface area contributed by atoms with Crippen molar-refractivity contribution >= 4 is 45.1 Å². The number of benzene rings is 2. The van der Waals surface area contributed by atoms with Crippen LogP contribution in [0.5, 0.6) is 11.5 Å². The smallest absolute Gasteiger partial charge is 0.338 e. The van der Waals surface area contributed by atoms with E-state index in [1.807, 2.05) is 19.1 Å². The lowest BCUT2D eigenvalue weighted by Gasteiger charge is -2.26. The Hall–Kier alpha value is -4.22. The Kier molecular flexibility index (Phi) is 8.84. The molecule has 0 saturated heterocycles. The topological polar surface area (TPSA) is 109 Å². The van der Waals surface area contributed by atoms with Gasteiger partial charge in [0.15, 0.2) is 22.1 Å². The maximum Gasteiger partial charge on any atom is 0.338 e. The molecule has 3 heterocycles. The molecular formula is C32H29BrN2O7S. The zero-order valence-corrected chi connectivity index (χ0v) is 26.6.